The number of esters is 1. The molecule has 3 aromatic rings. The number of hydrogen-bond acceptors (Lipinski definition) is 3. The molecule has 1 aromatic carbocycles. The van der Waals surface area contributed by atoms with Crippen molar-refractivity contribution in [3.63, 3.8) is 0 Å². The summed E-state index contributed by atoms with van der Waals surface area (Å²) in [5.74, 6) is 0.0841. The molecule has 1 N–H and O–H groups in total. The van der Waals surface area contributed by atoms with Crippen molar-refractivity contribution < 1.29 is 18.8 Å². The van der Waals surface area contributed by atoms with Crippen LogP contribution >= 0.6 is 0 Å². The molecule has 2 aromatic heterocycles. The van der Waals surface area contributed by atoms with Crippen LogP contribution in [-0.2, 0) is 27.2 Å². The average molecular weight is 349 g/mol. The van der Waals surface area contributed by atoms with Gasteiger partial charge in [-0.15, -0.1) is 0 Å². The Hall–Kier alpha value is -2.82. The lowest BCUT2D eigenvalue weighted by atomic mass is 9.76. The number of benzene rings is 1. The summed E-state index contributed by atoms with van der Waals surface area (Å²) in [5.41, 5.74) is 4.19. The van der Waals surface area contributed by atoms with Gasteiger partial charge in [-0.05, 0) is 13.0 Å². The second kappa shape index (κ2) is 5.59. The quantitative estimate of drug-likeness (QED) is 0.543. The molecule has 0 saturated heterocycles. The minimum absolute atomic E-state index is 0.0764. The molecule has 0 spiro atoms. The number of fused-ring (bicyclic) bond motifs is 6. The van der Waals surface area contributed by atoms with E-state index in [9.17, 15) is 4.79 Å². The molecule has 4 heterocycles. The standard InChI is InChI=1S/C21H20N2O3/c1-12-16-10-23-8-7-14-13-5-3-4-6-18(13)22-20(14)19(23)9-15(16)17(11-26-12)21(24)25-2/h3-8,11-12,15-16H,9-10H2,1-2H3/p+1/t12-,15+,16-/m0/s1. The summed E-state index contributed by atoms with van der Waals surface area (Å²) in [6.07, 6.45) is 4.64. The van der Waals surface area contributed by atoms with Gasteiger partial charge in [-0.2, -0.15) is 0 Å². The highest BCUT2D eigenvalue weighted by Gasteiger charge is 2.45. The van der Waals surface area contributed by atoms with Crippen molar-refractivity contribution in [1.29, 1.82) is 0 Å². The van der Waals surface area contributed by atoms with Crippen molar-refractivity contribution >= 4 is 27.8 Å². The lowest BCUT2D eigenvalue weighted by Gasteiger charge is -2.36. The van der Waals surface area contributed by atoms with Gasteiger partial charge in [0.25, 0.3) is 0 Å². The van der Waals surface area contributed by atoms with Gasteiger partial charge in [0.05, 0.1) is 24.9 Å². The molecule has 5 heteroatoms. The first-order valence-electron chi connectivity index (χ1n) is 9.03. The zero-order valence-corrected chi connectivity index (χ0v) is 14.9. The van der Waals surface area contributed by atoms with Crippen molar-refractivity contribution in [3.05, 3.63) is 54.1 Å². The monoisotopic (exact) mass is 349 g/mol. The summed E-state index contributed by atoms with van der Waals surface area (Å²) in [4.78, 5) is 15.8. The first-order valence-corrected chi connectivity index (χ1v) is 9.03. The zero-order valence-electron chi connectivity index (χ0n) is 14.9. The smallest absolute Gasteiger partial charge is 0.337 e. The van der Waals surface area contributed by atoms with Crippen LogP contribution in [0, 0.1) is 11.8 Å². The van der Waals surface area contributed by atoms with E-state index in [0.717, 1.165) is 24.0 Å². The molecule has 2 aliphatic heterocycles. The van der Waals surface area contributed by atoms with E-state index in [4.69, 9.17) is 9.47 Å². The number of nitrogens with one attached hydrogen (secondary N) is 1. The molecule has 0 fully saturated rings. The largest absolute Gasteiger partial charge is 0.497 e. The number of para-hydroxylation sites is 1. The Morgan fingerprint density at radius 2 is 2.12 bits per heavy atom. The number of carbonyl (C=O) groups is 1. The SMILES string of the molecule is COC(=O)C1=CO[C@@H](C)[C@@H]2C[n+]3ccc4c([nH]c5ccccc54)c3C[C@@H]12. The van der Waals surface area contributed by atoms with Gasteiger partial charge in [0.2, 0.25) is 5.69 Å². The first kappa shape index (κ1) is 15.4. The third kappa shape index (κ3) is 2.09. The van der Waals surface area contributed by atoms with Crippen LogP contribution in [-0.4, -0.2) is 24.2 Å². The van der Waals surface area contributed by atoms with E-state index in [1.165, 1.54) is 23.6 Å². The minimum Gasteiger partial charge on any atom is -0.497 e. The predicted molar refractivity (Wildman–Crippen MR) is 97.3 cm³/mol. The fourth-order valence-corrected chi connectivity index (χ4v) is 4.57. The maximum atomic E-state index is 12.3. The van der Waals surface area contributed by atoms with Crippen molar-refractivity contribution in [3.8, 4) is 0 Å². The highest BCUT2D eigenvalue weighted by Crippen LogP contribution is 2.38. The summed E-state index contributed by atoms with van der Waals surface area (Å²) in [5, 5.41) is 2.46. The average Bonchev–Trinajstić information content (AvgIpc) is 3.06. The molecule has 5 nitrogen and oxygen atoms in total. The third-order valence-corrected chi connectivity index (χ3v) is 5.97. The molecular formula is C21H21N2O3+. The van der Waals surface area contributed by atoms with E-state index in [0.29, 0.717) is 5.57 Å². The number of H-pyrrole nitrogens is 1. The number of hydrogen-bond donors (Lipinski definition) is 1. The summed E-state index contributed by atoms with van der Waals surface area (Å²) < 4.78 is 13.0. The number of methoxy groups -OCH3 is 1. The molecule has 26 heavy (non-hydrogen) atoms. The van der Waals surface area contributed by atoms with Crippen molar-refractivity contribution in [2.24, 2.45) is 11.8 Å². The van der Waals surface area contributed by atoms with Gasteiger partial charge in [0.1, 0.15) is 11.6 Å². The maximum absolute atomic E-state index is 12.3. The van der Waals surface area contributed by atoms with Crippen LogP contribution in [0.15, 0.2) is 48.4 Å². The molecule has 3 atom stereocenters. The Bertz CT molecular complexity index is 1070. The second-order valence-corrected chi connectivity index (χ2v) is 7.25. The topological polar surface area (TPSA) is 55.2 Å². The van der Waals surface area contributed by atoms with E-state index in [1.54, 1.807) is 6.26 Å². The van der Waals surface area contributed by atoms with E-state index in [-0.39, 0.29) is 23.9 Å². The van der Waals surface area contributed by atoms with Crippen LogP contribution < -0.4 is 4.57 Å². The first-order chi connectivity index (χ1) is 12.7. The number of nitrogens with zero attached hydrogens (tertiary/aromatic N) is 1. The fraction of sp³-hybridized carbons (Fsp3) is 0.333. The number of pyridine rings is 1. The highest BCUT2D eigenvalue weighted by atomic mass is 16.5. The van der Waals surface area contributed by atoms with E-state index >= 15 is 0 Å². The van der Waals surface area contributed by atoms with Gasteiger partial charge in [0, 0.05) is 34.7 Å². The lowest BCUT2D eigenvalue weighted by Crippen LogP contribution is -2.53. The molecule has 2 aliphatic rings. The number of ether oxygens (including phenoxy) is 2. The molecule has 0 bridgehead atoms. The summed E-state index contributed by atoms with van der Waals surface area (Å²) in [6, 6.07) is 10.5. The van der Waals surface area contributed by atoms with Gasteiger partial charge >= 0.3 is 5.97 Å². The summed E-state index contributed by atoms with van der Waals surface area (Å²) in [7, 11) is 1.43. The highest BCUT2D eigenvalue weighted by molar-refractivity contribution is 6.07. The van der Waals surface area contributed by atoms with Gasteiger partial charge in [0.15, 0.2) is 12.7 Å². The Balaban J connectivity index is 1.68. The predicted octanol–water partition coefficient (Wildman–Crippen LogP) is 2.87. The number of carbonyl (C=O) groups excluding carboxylic acids is 1. The van der Waals surface area contributed by atoms with E-state index < -0.39 is 0 Å². The fourth-order valence-electron chi connectivity index (χ4n) is 4.57. The molecule has 0 amide bonds. The number of rotatable bonds is 1. The van der Waals surface area contributed by atoms with E-state index in [2.05, 4.69) is 46.9 Å². The second-order valence-electron chi connectivity index (χ2n) is 7.25. The van der Waals surface area contributed by atoms with Crippen LogP contribution in [0.1, 0.15) is 12.6 Å². The number of aromatic amines is 1. The van der Waals surface area contributed by atoms with Gasteiger partial charge in [-0.1, -0.05) is 18.2 Å². The molecule has 132 valence electrons. The molecule has 0 saturated carbocycles. The molecule has 0 unspecified atom stereocenters. The minimum atomic E-state index is -0.288. The zero-order chi connectivity index (χ0) is 17.8. The van der Waals surface area contributed by atoms with Gasteiger partial charge < -0.3 is 14.5 Å². The van der Waals surface area contributed by atoms with Crippen LogP contribution in [0.5, 0.6) is 0 Å². The molecular weight excluding hydrogens is 328 g/mol. The normalized spacial score (nSPS) is 24.5. The van der Waals surface area contributed by atoms with Crippen LogP contribution in [0.4, 0.5) is 0 Å². The third-order valence-electron chi connectivity index (χ3n) is 5.97. The summed E-state index contributed by atoms with van der Waals surface area (Å²) in [6.45, 7) is 2.91. The molecule has 0 radical (unpaired) electrons. The van der Waals surface area contributed by atoms with Gasteiger partial charge in [-0.25, -0.2) is 9.36 Å². The lowest BCUT2D eigenvalue weighted by molar-refractivity contribution is -0.717. The number of aromatic nitrogens is 2. The van der Waals surface area contributed by atoms with E-state index in [1.807, 2.05) is 6.07 Å². The van der Waals surface area contributed by atoms with Gasteiger partial charge in [-0.3, -0.25) is 0 Å². The van der Waals surface area contributed by atoms with Crippen LogP contribution in [0.3, 0.4) is 0 Å². The van der Waals surface area contributed by atoms with Crippen molar-refractivity contribution in [1.82, 2.24) is 4.98 Å². The van der Waals surface area contributed by atoms with Crippen molar-refractivity contribution in [2.45, 2.75) is 26.0 Å². The molecule has 5 rings (SSSR count). The Morgan fingerprint density at radius 1 is 1.27 bits per heavy atom. The molecule has 0 aliphatic carbocycles. The maximum Gasteiger partial charge on any atom is 0.337 e. The summed E-state index contributed by atoms with van der Waals surface area (Å²) >= 11 is 0. The Morgan fingerprint density at radius 3 is 2.96 bits per heavy atom. The van der Waals surface area contributed by atoms with Crippen molar-refractivity contribution in [2.75, 3.05) is 7.11 Å². The van der Waals surface area contributed by atoms with Crippen LogP contribution in [0.25, 0.3) is 21.8 Å². The van der Waals surface area contributed by atoms with Crippen LogP contribution in [0.2, 0.25) is 0 Å². The Kier molecular flexibility index (Phi) is 3.32. The Labute approximate surface area is 151 Å².